The number of nitrogens with one attached hydrogen (secondary N) is 1. The Morgan fingerprint density at radius 2 is 1.96 bits per heavy atom. The Hall–Kier alpha value is -2.84. The number of carbonyl (C=O) groups excluding carboxylic acids is 2. The highest BCUT2D eigenvalue weighted by atomic mass is 19.4. The maximum Gasteiger partial charge on any atom is 0.416 e. The van der Waals surface area contributed by atoms with Crippen LogP contribution < -0.4 is 5.32 Å². The molecule has 6 nitrogen and oxygen atoms in total. The minimum Gasteiger partial charge on any atom is -0.360 e. The Bertz CT molecular complexity index is 855. The van der Waals surface area contributed by atoms with Gasteiger partial charge < -0.3 is 14.7 Å². The first kappa shape index (κ1) is 19.9. The van der Waals surface area contributed by atoms with E-state index >= 15 is 0 Å². The van der Waals surface area contributed by atoms with Crippen LogP contribution in [0.25, 0.3) is 0 Å². The van der Waals surface area contributed by atoms with Gasteiger partial charge in [-0.05, 0) is 31.4 Å². The summed E-state index contributed by atoms with van der Waals surface area (Å²) >= 11 is 0. The van der Waals surface area contributed by atoms with Gasteiger partial charge in [0.15, 0.2) is 5.82 Å². The van der Waals surface area contributed by atoms with Crippen molar-refractivity contribution in [1.29, 1.82) is 0 Å². The first-order chi connectivity index (χ1) is 13.2. The van der Waals surface area contributed by atoms with Crippen LogP contribution in [0.2, 0.25) is 0 Å². The predicted octanol–water partition coefficient (Wildman–Crippen LogP) is 3.42. The molecule has 0 saturated carbocycles. The number of rotatable bonds is 4. The quantitative estimate of drug-likeness (QED) is 0.861. The summed E-state index contributed by atoms with van der Waals surface area (Å²) in [4.78, 5) is 26.3. The number of aromatic nitrogens is 1. The largest absolute Gasteiger partial charge is 0.416 e. The van der Waals surface area contributed by atoms with Crippen LogP contribution in [-0.4, -0.2) is 35.0 Å². The van der Waals surface area contributed by atoms with E-state index in [1.807, 2.05) is 0 Å². The van der Waals surface area contributed by atoms with Crippen LogP contribution in [0.1, 0.15) is 29.7 Å². The monoisotopic (exact) mass is 395 g/mol. The Kier molecular flexibility index (Phi) is 5.71. The molecule has 0 radical (unpaired) electrons. The van der Waals surface area contributed by atoms with Crippen molar-refractivity contribution in [2.24, 2.45) is 5.92 Å². The first-order valence-electron chi connectivity index (χ1n) is 8.90. The van der Waals surface area contributed by atoms with E-state index in [0.717, 1.165) is 12.1 Å². The Labute approximate surface area is 159 Å². The summed E-state index contributed by atoms with van der Waals surface area (Å²) in [5.41, 5.74) is -0.447. The van der Waals surface area contributed by atoms with Gasteiger partial charge in [-0.3, -0.25) is 9.59 Å². The third kappa shape index (κ3) is 4.90. The standard InChI is InChI=1S/C19H20F3N3O3/c1-12-9-16(24-28-12)23-18(27)14-5-7-25(8-6-14)17(26)11-13-3-2-4-15(10-13)19(20,21)22/h2-4,9-10,14H,5-8,11H2,1H3,(H,23,24,27). The molecule has 1 aromatic carbocycles. The van der Waals surface area contributed by atoms with E-state index in [1.165, 1.54) is 12.1 Å². The normalized spacial score (nSPS) is 15.5. The maximum absolute atomic E-state index is 12.8. The van der Waals surface area contributed by atoms with Gasteiger partial charge in [0.1, 0.15) is 5.76 Å². The fourth-order valence-electron chi connectivity index (χ4n) is 3.19. The van der Waals surface area contributed by atoms with Gasteiger partial charge in [0, 0.05) is 25.1 Å². The van der Waals surface area contributed by atoms with Crippen LogP contribution >= 0.6 is 0 Å². The second kappa shape index (κ2) is 8.04. The molecule has 0 aliphatic carbocycles. The Morgan fingerprint density at radius 1 is 1.25 bits per heavy atom. The van der Waals surface area contributed by atoms with Crippen LogP contribution in [0.5, 0.6) is 0 Å². The lowest BCUT2D eigenvalue weighted by atomic mass is 9.95. The molecule has 1 N–H and O–H groups in total. The van der Waals surface area contributed by atoms with Crippen molar-refractivity contribution >= 4 is 17.6 Å². The van der Waals surface area contributed by atoms with E-state index in [-0.39, 0.29) is 24.2 Å². The van der Waals surface area contributed by atoms with E-state index in [4.69, 9.17) is 4.52 Å². The van der Waals surface area contributed by atoms with E-state index in [2.05, 4.69) is 10.5 Å². The van der Waals surface area contributed by atoms with Crippen molar-refractivity contribution in [2.75, 3.05) is 18.4 Å². The highest BCUT2D eigenvalue weighted by molar-refractivity contribution is 5.91. The SMILES string of the molecule is Cc1cc(NC(=O)C2CCN(C(=O)Cc3cccc(C(F)(F)F)c3)CC2)no1. The van der Waals surface area contributed by atoms with Crippen molar-refractivity contribution in [3.8, 4) is 0 Å². The van der Waals surface area contributed by atoms with Gasteiger partial charge in [0.25, 0.3) is 0 Å². The van der Waals surface area contributed by atoms with Gasteiger partial charge in [0.05, 0.1) is 12.0 Å². The van der Waals surface area contributed by atoms with Crippen molar-refractivity contribution in [3.63, 3.8) is 0 Å². The van der Waals surface area contributed by atoms with Crippen LogP contribution in [-0.2, 0) is 22.2 Å². The van der Waals surface area contributed by atoms with Gasteiger partial charge >= 0.3 is 6.18 Å². The Balaban J connectivity index is 1.52. The molecular weight excluding hydrogens is 375 g/mol. The molecule has 0 bridgehead atoms. The zero-order valence-electron chi connectivity index (χ0n) is 15.3. The number of amides is 2. The van der Waals surface area contributed by atoms with Crippen molar-refractivity contribution in [3.05, 3.63) is 47.2 Å². The molecule has 2 amide bonds. The van der Waals surface area contributed by atoms with Gasteiger partial charge in [-0.1, -0.05) is 23.4 Å². The average molecular weight is 395 g/mol. The number of nitrogens with zero attached hydrogens (tertiary/aromatic N) is 2. The molecule has 1 aliphatic heterocycles. The zero-order chi connectivity index (χ0) is 20.3. The average Bonchev–Trinajstić information content (AvgIpc) is 3.06. The molecule has 0 spiro atoms. The summed E-state index contributed by atoms with van der Waals surface area (Å²) in [6, 6.07) is 6.40. The topological polar surface area (TPSA) is 75.4 Å². The minimum atomic E-state index is -4.44. The molecule has 1 aromatic heterocycles. The smallest absolute Gasteiger partial charge is 0.360 e. The molecule has 2 heterocycles. The third-order valence-electron chi connectivity index (χ3n) is 4.71. The lowest BCUT2D eigenvalue weighted by molar-refractivity contribution is -0.138. The number of hydrogen-bond acceptors (Lipinski definition) is 4. The number of likely N-dealkylation sites (tertiary alicyclic amines) is 1. The maximum atomic E-state index is 12.8. The van der Waals surface area contributed by atoms with Crippen molar-refractivity contribution in [2.45, 2.75) is 32.4 Å². The molecular formula is C19H20F3N3O3. The number of alkyl halides is 3. The molecule has 9 heteroatoms. The number of carbonyl (C=O) groups is 2. The molecule has 3 rings (SSSR count). The van der Waals surface area contributed by atoms with Crippen LogP contribution in [0.4, 0.5) is 19.0 Å². The van der Waals surface area contributed by atoms with Gasteiger partial charge in [-0.25, -0.2) is 0 Å². The summed E-state index contributed by atoms with van der Waals surface area (Å²) in [5.74, 6) is 0.258. The fourth-order valence-corrected chi connectivity index (χ4v) is 3.19. The lowest BCUT2D eigenvalue weighted by Gasteiger charge is -2.31. The van der Waals surface area contributed by atoms with Crippen molar-refractivity contribution < 1.29 is 27.3 Å². The number of benzene rings is 1. The molecule has 0 unspecified atom stereocenters. The molecule has 1 aliphatic rings. The molecule has 2 aromatic rings. The lowest BCUT2D eigenvalue weighted by Crippen LogP contribution is -2.42. The molecule has 0 atom stereocenters. The first-order valence-corrected chi connectivity index (χ1v) is 8.90. The molecule has 1 fully saturated rings. The minimum absolute atomic E-state index is 0.0982. The second-order valence-electron chi connectivity index (χ2n) is 6.84. The number of hydrogen-bond donors (Lipinski definition) is 1. The number of anilines is 1. The van der Waals surface area contributed by atoms with E-state index < -0.39 is 11.7 Å². The van der Waals surface area contributed by atoms with Crippen LogP contribution in [0, 0.1) is 12.8 Å². The summed E-state index contributed by atoms with van der Waals surface area (Å²) in [7, 11) is 0. The fraction of sp³-hybridized carbons (Fsp3) is 0.421. The molecule has 28 heavy (non-hydrogen) atoms. The van der Waals surface area contributed by atoms with E-state index in [1.54, 1.807) is 17.9 Å². The predicted molar refractivity (Wildman–Crippen MR) is 94.3 cm³/mol. The van der Waals surface area contributed by atoms with Crippen LogP contribution in [0.15, 0.2) is 34.9 Å². The number of piperidine rings is 1. The van der Waals surface area contributed by atoms with E-state index in [9.17, 15) is 22.8 Å². The van der Waals surface area contributed by atoms with Crippen molar-refractivity contribution in [1.82, 2.24) is 10.1 Å². The van der Waals surface area contributed by atoms with Gasteiger partial charge in [-0.15, -0.1) is 0 Å². The highest BCUT2D eigenvalue weighted by Gasteiger charge is 2.31. The number of halogens is 3. The van der Waals surface area contributed by atoms with Gasteiger partial charge in [0.2, 0.25) is 11.8 Å². The third-order valence-corrected chi connectivity index (χ3v) is 4.71. The summed E-state index contributed by atoms with van der Waals surface area (Å²) in [5, 5.41) is 6.40. The summed E-state index contributed by atoms with van der Waals surface area (Å²) < 4.78 is 43.3. The molecule has 1 saturated heterocycles. The zero-order valence-corrected chi connectivity index (χ0v) is 15.3. The highest BCUT2D eigenvalue weighted by Crippen LogP contribution is 2.30. The second-order valence-corrected chi connectivity index (χ2v) is 6.84. The summed E-state index contributed by atoms with van der Waals surface area (Å²) in [6.45, 7) is 2.48. The number of aryl methyl sites for hydroxylation is 1. The Morgan fingerprint density at radius 3 is 2.57 bits per heavy atom. The summed E-state index contributed by atoms with van der Waals surface area (Å²) in [6.07, 6.45) is -3.57. The molecule has 150 valence electrons. The van der Waals surface area contributed by atoms with Crippen LogP contribution in [0.3, 0.4) is 0 Å². The van der Waals surface area contributed by atoms with Gasteiger partial charge in [-0.2, -0.15) is 13.2 Å². The van der Waals surface area contributed by atoms with E-state index in [0.29, 0.717) is 43.1 Å².